The van der Waals surface area contributed by atoms with Crippen molar-refractivity contribution in [3.05, 3.63) is 11.6 Å². The highest BCUT2D eigenvalue weighted by molar-refractivity contribution is 5.97. The number of nitrogens with one attached hydrogen (secondary N) is 2. The minimum atomic E-state index is -1.16. The van der Waals surface area contributed by atoms with Crippen LogP contribution in [-0.2, 0) is 14.4 Å². The van der Waals surface area contributed by atoms with Crippen LogP contribution in [0.15, 0.2) is 11.6 Å². The van der Waals surface area contributed by atoms with Crippen molar-refractivity contribution in [1.82, 2.24) is 10.9 Å². The normalized spacial score (nSPS) is 16.6. The van der Waals surface area contributed by atoms with Gasteiger partial charge in [-0.1, -0.05) is 32.1 Å². The fourth-order valence-electron chi connectivity index (χ4n) is 2.30. The van der Waals surface area contributed by atoms with E-state index in [0.29, 0.717) is 12.3 Å². The van der Waals surface area contributed by atoms with Gasteiger partial charge in [-0.2, -0.15) is 0 Å². The average Bonchev–Trinajstić information content (AvgIpc) is 2.43. The van der Waals surface area contributed by atoms with Gasteiger partial charge in [0.1, 0.15) is 0 Å². The lowest BCUT2D eigenvalue weighted by Gasteiger charge is -2.20. The maximum Gasteiger partial charge on any atom is 0.331 e. The molecule has 0 saturated heterocycles. The first-order valence-electron chi connectivity index (χ1n) is 6.99. The van der Waals surface area contributed by atoms with E-state index in [-0.39, 0.29) is 11.5 Å². The van der Waals surface area contributed by atoms with Crippen LogP contribution in [0.1, 0.15) is 51.9 Å². The van der Waals surface area contributed by atoms with E-state index in [4.69, 9.17) is 5.11 Å². The van der Waals surface area contributed by atoms with Gasteiger partial charge in [0.05, 0.1) is 0 Å². The predicted octanol–water partition coefficient (Wildman–Crippen LogP) is 1.53. The Labute approximate surface area is 118 Å². The summed E-state index contributed by atoms with van der Waals surface area (Å²) in [4.78, 5) is 33.4. The summed E-state index contributed by atoms with van der Waals surface area (Å²) in [6.07, 6.45) is 8.28. The SMILES string of the molecule is C/C(=C/C(=O)NNC(=O)CCC1CCCCC1)C(=O)O. The van der Waals surface area contributed by atoms with E-state index in [0.717, 1.165) is 12.5 Å². The van der Waals surface area contributed by atoms with Crippen LogP contribution in [-0.4, -0.2) is 22.9 Å². The van der Waals surface area contributed by atoms with Crippen LogP contribution in [0.2, 0.25) is 0 Å². The van der Waals surface area contributed by atoms with Crippen molar-refractivity contribution in [2.75, 3.05) is 0 Å². The van der Waals surface area contributed by atoms with E-state index in [1.165, 1.54) is 39.0 Å². The van der Waals surface area contributed by atoms with E-state index >= 15 is 0 Å². The second-order valence-electron chi connectivity index (χ2n) is 5.21. The Morgan fingerprint density at radius 3 is 2.40 bits per heavy atom. The smallest absolute Gasteiger partial charge is 0.331 e. The highest BCUT2D eigenvalue weighted by atomic mass is 16.4. The molecule has 0 radical (unpaired) electrons. The van der Waals surface area contributed by atoms with Crippen molar-refractivity contribution in [2.45, 2.75) is 51.9 Å². The van der Waals surface area contributed by atoms with Gasteiger partial charge in [0.15, 0.2) is 0 Å². The lowest BCUT2D eigenvalue weighted by Crippen LogP contribution is -2.41. The average molecular weight is 282 g/mol. The number of hydrazine groups is 1. The number of carbonyl (C=O) groups is 3. The highest BCUT2D eigenvalue weighted by Crippen LogP contribution is 2.26. The molecule has 0 heterocycles. The number of rotatable bonds is 5. The van der Waals surface area contributed by atoms with Crippen LogP contribution >= 0.6 is 0 Å². The summed E-state index contributed by atoms with van der Waals surface area (Å²) < 4.78 is 0. The molecule has 0 atom stereocenters. The van der Waals surface area contributed by atoms with E-state index in [1.807, 2.05) is 0 Å². The summed E-state index contributed by atoms with van der Waals surface area (Å²) in [6.45, 7) is 1.31. The third-order valence-corrected chi connectivity index (χ3v) is 3.51. The summed E-state index contributed by atoms with van der Waals surface area (Å²) in [7, 11) is 0. The number of carbonyl (C=O) groups excluding carboxylic acids is 2. The lowest BCUT2D eigenvalue weighted by atomic mass is 9.86. The first-order valence-corrected chi connectivity index (χ1v) is 6.99. The first-order chi connectivity index (χ1) is 9.49. The molecule has 1 saturated carbocycles. The Balaban J connectivity index is 2.20. The number of hydrogen-bond donors (Lipinski definition) is 3. The Morgan fingerprint density at radius 1 is 1.15 bits per heavy atom. The van der Waals surface area contributed by atoms with Gasteiger partial charge < -0.3 is 5.11 Å². The van der Waals surface area contributed by atoms with Gasteiger partial charge >= 0.3 is 5.97 Å². The fourth-order valence-corrected chi connectivity index (χ4v) is 2.30. The van der Waals surface area contributed by atoms with Gasteiger partial charge in [-0.15, -0.1) is 0 Å². The molecule has 1 aliphatic carbocycles. The molecule has 1 fully saturated rings. The zero-order chi connectivity index (χ0) is 15.0. The molecule has 0 aromatic rings. The fraction of sp³-hybridized carbons (Fsp3) is 0.643. The molecule has 1 aliphatic rings. The molecule has 6 nitrogen and oxygen atoms in total. The summed E-state index contributed by atoms with van der Waals surface area (Å²) in [5.41, 5.74) is 4.38. The zero-order valence-corrected chi connectivity index (χ0v) is 11.8. The summed E-state index contributed by atoms with van der Waals surface area (Å²) in [5, 5.41) is 8.60. The number of hydrogen-bond acceptors (Lipinski definition) is 3. The molecule has 6 heteroatoms. The molecule has 112 valence electrons. The Morgan fingerprint density at radius 2 is 1.80 bits per heavy atom. The second kappa shape index (κ2) is 8.35. The maximum absolute atomic E-state index is 11.5. The monoisotopic (exact) mass is 282 g/mol. The second-order valence-corrected chi connectivity index (χ2v) is 5.21. The van der Waals surface area contributed by atoms with E-state index in [1.54, 1.807) is 0 Å². The number of carboxylic acid groups (broad SMARTS) is 1. The molecule has 0 bridgehead atoms. The molecular formula is C14H22N2O4. The Kier molecular flexibility index (Phi) is 6.76. The van der Waals surface area contributed by atoms with Crippen molar-refractivity contribution < 1.29 is 19.5 Å². The molecule has 0 spiro atoms. The van der Waals surface area contributed by atoms with Crippen LogP contribution < -0.4 is 10.9 Å². The largest absolute Gasteiger partial charge is 0.478 e. The number of aliphatic carboxylic acids is 1. The molecule has 1 rings (SSSR count). The minimum absolute atomic E-state index is 0.0843. The van der Waals surface area contributed by atoms with Crippen LogP contribution in [0.5, 0.6) is 0 Å². The Hall–Kier alpha value is -1.85. The van der Waals surface area contributed by atoms with Crippen LogP contribution in [0, 0.1) is 5.92 Å². The number of carboxylic acids is 1. The topological polar surface area (TPSA) is 95.5 Å². The minimum Gasteiger partial charge on any atom is -0.478 e. The molecule has 20 heavy (non-hydrogen) atoms. The van der Waals surface area contributed by atoms with E-state index in [9.17, 15) is 14.4 Å². The molecule has 0 aromatic heterocycles. The van der Waals surface area contributed by atoms with Crippen LogP contribution in [0.4, 0.5) is 0 Å². The number of amides is 2. The zero-order valence-electron chi connectivity index (χ0n) is 11.8. The molecule has 0 unspecified atom stereocenters. The van der Waals surface area contributed by atoms with E-state index < -0.39 is 11.9 Å². The Bertz CT molecular complexity index is 398. The van der Waals surface area contributed by atoms with Gasteiger partial charge in [-0.25, -0.2) is 4.79 Å². The van der Waals surface area contributed by atoms with Gasteiger partial charge in [0.25, 0.3) is 5.91 Å². The third kappa shape index (κ3) is 6.36. The van der Waals surface area contributed by atoms with Crippen molar-refractivity contribution >= 4 is 17.8 Å². The van der Waals surface area contributed by atoms with Crippen LogP contribution in [0.25, 0.3) is 0 Å². The maximum atomic E-state index is 11.5. The lowest BCUT2D eigenvalue weighted by molar-refractivity contribution is -0.133. The van der Waals surface area contributed by atoms with Gasteiger partial charge in [0, 0.05) is 18.1 Å². The molecule has 2 amide bonds. The van der Waals surface area contributed by atoms with Crippen LogP contribution in [0.3, 0.4) is 0 Å². The predicted molar refractivity (Wildman–Crippen MR) is 73.5 cm³/mol. The van der Waals surface area contributed by atoms with Crippen molar-refractivity contribution in [3.63, 3.8) is 0 Å². The van der Waals surface area contributed by atoms with Gasteiger partial charge in [0.2, 0.25) is 5.91 Å². The summed E-state index contributed by atoms with van der Waals surface area (Å²) in [5.74, 6) is -1.44. The quantitative estimate of drug-likeness (QED) is 0.526. The van der Waals surface area contributed by atoms with Crippen molar-refractivity contribution in [1.29, 1.82) is 0 Å². The first kappa shape index (κ1) is 16.2. The van der Waals surface area contributed by atoms with Gasteiger partial charge in [-0.05, 0) is 19.3 Å². The standard InChI is InChI=1S/C14H22N2O4/c1-10(14(19)20)9-13(18)16-15-12(17)8-7-11-5-3-2-4-6-11/h9,11H,2-8H2,1H3,(H,15,17)(H,16,18)(H,19,20)/b10-9-. The van der Waals surface area contributed by atoms with E-state index in [2.05, 4.69) is 10.9 Å². The van der Waals surface area contributed by atoms with Gasteiger partial charge in [-0.3, -0.25) is 20.4 Å². The molecule has 0 aromatic carbocycles. The van der Waals surface area contributed by atoms with Crippen molar-refractivity contribution in [3.8, 4) is 0 Å². The molecular weight excluding hydrogens is 260 g/mol. The third-order valence-electron chi connectivity index (χ3n) is 3.51. The molecule has 3 N–H and O–H groups in total. The molecule has 0 aliphatic heterocycles. The highest BCUT2D eigenvalue weighted by Gasteiger charge is 2.14. The summed E-state index contributed by atoms with van der Waals surface area (Å²) in [6, 6.07) is 0. The summed E-state index contributed by atoms with van der Waals surface area (Å²) >= 11 is 0. The van der Waals surface area contributed by atoms with Crippen molar-refractivity contribution in [2.24, 2.45) is 5.92 Å².